The third kappa shape index (κ3) is 3.35. The fraction of sp³-hybridized carbons (Fsp3) is 0.0909. The van der Waals surface area contributed by atoms with Crippen LogP contribution in [0.3, 0.4) is 0 Å². The second-order valence-corrected chi connectivity index (χ2v) is 7.97. The van der Waals surface area contributed by atoms with Crippen molar-refractivity contribution >= 4 is 43.8 Å². The van der Waals surface area contributed by atoms with Gasteiger partial charge in [-0.15, -0.1) is 0 Å². The summed E-state index contributed by atoms with van der Waals surface area (Å²) in [6, 6.07) is 15.4. The Morgan fingerprint density at radius 1 is 1.10 bits per heavy atom. The zero-order chi connectivity index (χ0) is 20.7. The Kier molecular flexibility index (Phi) is 4.55. The molecule has 5 rings (SSSR count). The number of carbonyl (C=O) groups is 1. The highest BCUT2D eigenvalue weighted by Crippen LogP contribution is 2.29. The zero-order valence-electron chi connectivity index (χ0n) is 16.0. The van der Waals surface area contributed by atoms with Crippen LogP contribution in [0, 0.1) is 0 Å². The maximum atomic E-state index is 12.8. The number of nitrogens with one attached hydrogen (secondary N) is 3. The maximum Gasteiger partial charge on any atom is 0.287 e. The van der Waals surface area contributed by atoms with Gasteiger partial charge in [0.1, 0.15) is 5.69 Å². The van der Waals surface area contributed by atoms with E-state index in [2.05, 4.69) is 46.4 Å². The minimum absolute atomic E-state index is 0.152. The number of aromatic nitrogens is 5. The smallest absolute Gasteiger partial charge is 0.287 e. The topological polar surface area (TPSA) is 99.3 Å². The summed E-state index contributed by atoms with van der Waals surface area (Å²) in [5.41, 5.74) is 5.15. The minimum Gasteiger partial charge on any atom is -0.343 e. The molecule has 8 heteroatoms. The molecule has 0 radical (unpaired) electrons. The van der Waals surface area contributed by atoms with Gasteiger partial charge in [0.25, 0.3) is 5.91 Å². The predicted molar refractivity (Wildman–Crippen MR) is 119 cm³/mol. The van der Waals surface area contributed by atoms with Crippen molar-refractivity contribution in [2.24, 2.45) is 0 Å². The van der Waals surface area contributed by atoms with Crippen molar-refractivity contribution in [1.29, 1.82) is 0 Å². The molecule has 3 N–H and O–H groups in total. The molecule has 1 amide bonds. The lowest BCUT2D eigenvalue weighted by molar-refractivity contribution is 0.0930. The number of halogens is 1. The molecule has 0 spiro atoms. The minimum atomic E-state index is -0.255. The van der Waals surface area contributed by atoms with Crippen molar-refractivity contribution in [2.45, 2.75) is 13.0 Å². The monoisotopic (exact) mass is 460 g/mol. The lowest BCUT2D eigenvalue weighted by atomic mass is 10.1. The molecule has 2 aromatic carbocycles. The number of benzene rings is 2. The number of hydrogen-bond acceptors (Lipinski definition) is 4. The third-order valence-electron chi connectivity index (χ3n) is 5.03. The molecule has 0 aliphatic carbocycles. The van der Waals surface area contributed by atoms with Gasteiger partial charge in [0.2, 0.25) is 0 Å². The van der Waals surface area contributed by atoms with E-state index in [9.17, 15) is 4.79 Å². The van der Waals surface area contributed by atoms with Gasteiger partial charge in [0.15, 0.2) is 5.82 Å². The fourth-order valence-electron chi connectivity index (χ4n) is 3.48. The highest BCUT2D eigenvalue weighted by molar-refractivity contribution is 9.10. The van der Waals surface area contributed by atoms with Gasteiger partial charge in [-0.25, -0.2) is 4.98 Å². The summed E-state index contributed by atoms with van der Waals surface area (Å²) in [5.74, 6) is 0.0211. The Morgan fingerprint density at radius 2 is 1.93 bits per heavy atom. The number of fused-ring (bicyclic) bond motifs is 2. The summed E-state index contributed by atoms with van der Waals surface area (Å²) in [5, 5.41) is 11.4. The first kappa shape index (κ1) is 18.5. The number of hydrogen-bond donors (Lipinski definition) is 3. The number of nitrogens with zero attached hydrogens (tertiary/aromatic N) is 3. The number of aromatic amines is 2. The first-order chi connectivity index (χ1) is 14.6. The van der Waals surface area contributed by atoms with Crippen LogP contribution in [0.25, 0.3) is 33.2 Å². The van der Waals surface area contributed by atoms with E-state index in [1.165, 1.54) is 0 Å². The summed E-state index contributed by atoms with van der Waals surface area (Å²) in [6.45, 7) is 1.94. The van der Waals surface area contributed by atoms with Crippen molar-refractivity contribution in [2.75, 3.05) is 0 Å². The molecule has 1 atom stereocenters. The lowest BCUT2D eigenvalue weighted by Gasteiger charge is -2.13. The van der Waals surface area contributed by atoms with Gasteiger partial charge < -0.3 is 10.3 Å². The molecule has 0 saturated carbocycles. The second kappa shape index (κ2) is 7.38. The second-order valence-electron chi connectivity index (χ2n) is 7.06. The number of carbonyl (C=O) groups excluding carboxylic acids is 1. The van der Waals surface area contributed by atoms with Crippen LogP contribution in [0.4, 0.5) is 0 Å². The molecular formula is C22H17BrN6O. The van der Waals surface area contributed by atoms with E-state index in [0.29, 0.717) is 5.52 Å². The van der Waals surface area contributed by atoms with Gasteiger partial charge >= 0.3 is 0 Å². The van der Waals surface area contributed by atoms with Crippen LogP contribution in [-0.2, 0) is 0 Å². The first-order valence-electron chi connectivity index (χ1n) is 9.43. The summed E-state index contributed by atoms with van der Waals surface area (Å²) >= 11 is 3.46. The maximum absolute atomic E-state index is 12.8. The Labute approximate surface area is 180 Å². The third-order valence-corrected chi connectivity index (χ3v) is 5.52. The normalized spacial score (nSPS) is 12.3. The largest absolute Gasteiger partial charge is 0.343 e. The van der Waals surface area contributed by atoms with Crippen molar-refractivity contribution < 1.29 is 4.79 Å². The quantitative estimate of drug-likeness (QED) is 0.360. The summed E-state index contributed by atoms with van der Waals surface area (Å²) in [4.78, 5) is 24.4. The van der Waals surface area contributed by atoms with E-state index in [1.807, 2.05) is 55.5 Å². The summed E-state index contributed by atoms with van der Waals surface area (Å²) in [7, 11) is 0. The van der Waals surface area contributed by atoms with Crippen molar-refractivity contribution in [3.63, 3.8) is 0 Å². The van der Waals surface area contributed by atoms with Gasteiger partial charge in [-0.3, -0.25) is 14.9 Å². The van der Waals surface area contributed by atoms with Gasteiger partial charge in [0, 0.05) is 27.8 Å². The van der Waals surface area contributed by atoms with Crippen LogP contribution in [-0.4, -0.2) is 31.1 Å². The molecule has 0 fully saturated rings. The molecule has 3 aromatic heterocycles. The Balaban J connectivity index is 1.46. The fourth-order valence-corrected chi connectivity index (χ4v) is 3.90. The highest BCUT2D eigenvalue weighted by Gasteiger charge is 2.17. The Hall–Kier alpha value is -3.52. The molecule has 0 aliphatic heterocycles. The van der Waals surface area contributed by atoms with Gasteiger partial charge in [-0.05, 0) is 48.9 Å². The molecule has 30 heavy (non-hydrogen) atoms. The van der Waals surface area contributed by atoms with Crippen LogP contribution in [0.1, 0.15) is 29.1 Å². The molecule has 0 unspecified atom stereocenters. The molecule has 0 aliphatic rings. The van der Waals surface area contributed by atoms with E-state index in [1.54, 1.807) is 12.4 Å². The number of H-pyrrole nitrogens is 2. The number of rotatable bonds is 4. The SMILES string of the molecule is C[C@@H](NC(=O)c1nc2cc3c(-c4ccncc4)n[nH]c3cc2[nH]1)c1cccc(Br)c1. The molecular weight excluding hydrogens is 444 g/mol. The zero-order valence-corrected chi connectivity index (χ0v) is 17.6. The van der Waals surface area contributed by atoms with Crippen molar-refractivity contribution in [3.05, 3.63) is 76.8 Å². The van der Waals surface area contributed by atoms with E-state index in [-0.39, 0.29) is 17.8 Å². The standard InChI is InChI=1S/C22H17BrN6O/c1-12(14-3-2-4-15(23)9-14)25-22(30)21-26-18-10-16-17(11-19(18)27-21)28-29-20(16)13-5-7-24-8-6-13/h2-12H,1H3,(H,25,30)(H,26,27)(H,28,29)/t12-/m1/s1. The van der Waals surface area contributed by atoms with Crippen LogP contribution < -0.4 is 5.32 Å². The van der Waals surface area contributed by atoms with Gasteiger partial charge in [-0.1, -0.05) is 28.1 Å². The highest BCUT2D eigenvalue weighted by atomic mass is 79.9. The van der Waals surface area contributed by atoms with E-state index in [4.69, 9.17) is 0 Å². The Morgan fingerprint density at radius 3 is 2.73 bits per heavy atom. The van der Waals surface area contributed by atoms with Crippen LogP contribution in [0.2, 0.25) is 0 Å². The van der Waals surface area contributed by atoms with E-state index in [0.717, 1.165) is 37.7 Å². The van der Waals surface area contributed by atoms with Gasteiger partial charge in [0.05, 0.1) is 22.6 Å². The van der Waals surface area contributed by atoms with E-state index < -0.39 is 0 Å². The van der Waals surface area contributed by atoms with Crippen LogP contribution in [0.5, 0.6) is 0 Å². The molecule has 148 valence electrons. The number of amides is 1. The Bertz CT molecular complexity index is 1370. The number of pyridine rings is 1. The molecule has 5 aromatic rings. The number of imidazole rings is 1. The lowest BCUT2D eigenvalue weighted by Crippen LogP contribution is -2.27. The van der Waals surface area contributed by atoms with Crippen LogP contribution >= 0.6 is 15.9 Å². The molecule has 3 heterocycles. The summed E-state index contributed by atoms with van der Waals surface area (Å²) < 4.78 is 0.971. The molecule has 7 nitrogen and oxygen atoms in total. The average molecular weight is 461 g/mol. The molecule has 0 saturated heterocycles. The van der Waals surface area contributed by atoms with Crippen LogP contribution in [0.15, 0.2) is 65.4 Å². The summed E-state index contributed by atoms with van der Waals surface area (Å²) in [6.07, 6.45) is 3.47. The van der Waals surface area contributed by atoms with Crippen molar-refractivity contribution in [3.8, 4) is 11.3 Å². The average Bonchev–Trinajstić information content (AvgIpc) is 3.36. The molecule has 0 bridgehead atoms. The van der Waals surface area contributed by atoms with Crippen molar-refractivity contribution in [1.82, 2.24) is 30.5 Å². The van der Waals surface area contributed by atoms with Gasteiger partial charge in [-0.2, -0.15) is 5.10 Å². The first-order valence-corrected chi connectivity index (χ1v) is 10.2. The van der Waals surface area contributed by atoms with E-state index >= 15 is 0 Å². The predicted octanol–water partition coefficient (Wildman–Crippen LogP) is 4.75.